The highest BCUT2D eigenvalue weighted by molar-refractivity contribution is 6.00. The number of aromatic nitrogens is 1. The second-order valence-electron chi connectivity index (χ2n) is 10.2. The lowest BCUT2D eigenvalue weighted by Crippen LogP contribution is -2.46. The van der Waals surface area contributed by atoms with Crippen molar-refractivity contribution >= 4 is 11.6 Å². The fraction of sp³-hybridized carbons (Fsp3) is 0.520. The molecule has 5 nitrogen and oxygen atoms in total. The van der Waals surface area contributed by atoms with Crippen molar-refractivity contribution < 1.29 is 9.90 Å². The molecule has 1 saturated carbocycles. The second-order valence-corrected chi connectivity index (χ2v) is 10.2. The van der Waals surface area contributed by atoms with Crippen LogP contribution in [-0.4, -0.2) is 27.7 Å². The minimum absolute atomic E-state index is 0.0866. The minimum Gasteiger partial charge on any atom is -0.388 e. The summed E-state index contributed by atoms with van der Waals surface area (Å²) < 4.78 is 1.57. The molecule has 0 radical (unpaired) electrons. The Morgan fingerprint density at radius 3 is 2.20 bits per heavy atom. The van der Waals surface area contributed by atoms with Crippen LogP contribution in [0.3, 0.4) is 0 Å². The van der Waals surface area contributed by atoms with Crippen LogP contribution >= 0.6 is 0 Å². The van der Waals surface area contributed by atoms with Gasteiger partial charge in [-0.3, -0.25) is 9.59 Å². The van der Waals surface area contributed by atoms with Gasteiger partial charge in [0.2, 0.25) is 5.91 Å². The number of carbonyl (C=O) groups excluding carboxylic acids is 1. The number of pyridine rings is 1. The van der Waals surface area contributed by atoms with Crippen molar-refractivity contribution in [2.24, 2.45) is 5.41 Å². The molecule has 0 unspecified atom stereocenters. The molecule has 2 aliphatic rings. The number of amides is 1. The van der Waals surface area contributed by atoms with Crippen molar-refractivity contribution in [2.75, 3.05) is 11.4 Å². The van der Waals surface area contributed by atoms with Gasteiger partial charge in [0, 0.05) is 24.5 Å². The van der Waals surface area contributed by atoms with E-state index in [0.717, 1.165) is 18.7 Å². The molecule has 160 valence electrons. The zero-order valence-corrected chi connectivity index (χ0v) is 18.2. The van der Waals surface area contributed by atoms with E-state index >= 15 is 0 Å². The zero-order valence-electron chi connectivity index (χ0n) is 18.2. The number of hydrogen-bond donors (Lipinski definition) is 1. The molecular weight excluding hydrogens is 376 g/mol. The molecule has 1 spiro atoms. The van der Waals surface area contributed by atoms with Gasteiger partial charge in [0.15, 0.2) is 0 Å². The fourth-order valence-corrected chi connectivity index (χ4v) is 4.93. The summed E-state index contributed by atoms with van der Waals surface area (Å²) >= 11 is 0. The van der Waals surface area contributed by atoms with Crippen LogP contribution in [0.25, 0.3) is 0 Å². The van der Waals surface area contributed by atoms with E-state index in [0.29, 0.717) is 25.7 Å². The van der Waals surface area contributed by atoms with Gasteiger partial charge < -0.3 is 14.6 Å². The summed E-state index contributed by atoms with van der Waals surface area (Å²) in [7, 11) is 0. The molecule has 4 rings (SSSR count). The molecule has 1 aliphatic carbocycles. The van der Waals surface area contributed by atoms with Crippen LogP contribution < -0.4 is 10.5 Å². The van der Waals surface area contributed by atoms with Crippen molar-refractivity contribution in [2.45, 2.75) is 70.4 Å². The lowest BCUT2D eigenvalue weighted by Gasteiger charge is -2.41. The number of hydrogen-bond acceptors (Lipinski definition) is 3. The Morgan fingerprint density at radius 2 is 1.60 bits per heavy atom. The number of carbonyl (C=O) groups is 1. The summed E-state index contributed by atoms with van der Waals surface area (Å²) in [4.78, 5) is 27.3. The van der Waals surface area contributed by atoms with Gasteiger partial charge in [-0.15, -0.1) is 0 Å². The van der Waals surface area contributed by atoms with Gasteiger partial charge in [0.05, 0.1) is 17.6 Å². The van der Waals surface area contributed by atoms with E-state index in [1.54, 1.807) is 22.9 Å². The highest BCUT2D eigenvalue weighted by Crippen LogP contribution is 2.49. The predicted molar refractivity (Wildman–Crippen MR) is 119 cm³/mol. The molecule has 1 aliphatic heterocycles. The molecule has 0 bridgehead atoms. The zero-order chi connectivity index (χ0) is 21.6. The van der Waals surface area contributed by atoms with Gasteiger partial charge in [-0.2, -0.15) is 0 Å². The molecule has 1 aromatic heterocycles. The number of rotatable bonds is 3. The summed E-state index contributed by atoms with van der Waals surface area (Å²) in [5.74, 6) is 0.185. The van der Waals surface area contributed by atoms with Gasteiger partial charge in [-0.05, 0) is 61.3 Å². The van der Waals surface area contributed by atoms with Gasteiger partial charge >= 0.3 is 0 Å². The standard InChI is InChI=1S/C25H32N2O3/c1-23(2,3)19-7-9-20(10-8-19)27-17-15-24(22(27)29)11-13-25(30,14-12-24)18-26-16-5-4-6-21(26)28/h4-10,16,30H,11-15,17-18H2,1-3H3. The smallest absolute Gasteiger partial charge is 0.250 e. The Kier molecular flexibility index (Phi) is 5.13. The fourth-order valence-electron chi connectivity index (χ4n) is 4.93. The van der Waals surface area contributed by atoms with Gasteiger partial charge in [-0.25, -0.2) is 0 Å². The van der Waals surface area contributed by atoms with Crippen LogP contribution in [0.2, 0.25) is 0 Å². The van der Waals surface area contributed by atoms with Gasteiger partial charge in [0.1, 0.15) is 0 Å². The predicted octanol–water partition coefficient (Wildman–Crippen LogP) is 3.87. The lowest BCUT2D eigenvalue weighted by molar-refractivity contribution is -0.131. The maximum Gasteiger partial charge on any atom is 0.250 e. The Labute approximate surface area is 178 Å². The van der Waals surface area contributed by atoms with E-state index in [1.807, 2.05) is 4.90 Å². The molecule has 1 N–H and O–H groups in total. The van der Waals surface area contributed by atoms with Gasteiger partial charge in [0.25, 0.3) is 5.56 Å². The third kappa shape index (κ3) is 3.83. The average molecular weight is 409 g/mol. The molecule has 1 aromatic carbocycles. The topological polar surface area (TPSA) is 62.5 Å². The van der Waals surface area contributed by atoms with Crippen LogP contribution in [0, 0.1) is 5.41 Å². The summed E-state index contributed by atoms with van der Waals surface area (Å²) in [6.45, 7) is 7.57. The monoisotopic (exact) mass is 408 g/mol. The Hall–Kier alpha value is -2.40. The summed E-state index contributed by atoms with van der Waals surface area (Å²) in [5, 5.41) is 11.1. The number of anilines is 1. The van der Waals surface area contributed by atoms with Crippen molar-refractivity contribution in [3.8, 4) is 0 Å². The summed E-state index contributed by atoms with van der Waals surface area (Å²) in [5.41, 5.74) is 0.888. The van der Waals surface area contributed by atoms with Crippen molar-refractivity contribution in [1.29, 1.82) is 0 Å². The first-order valence-corrected chi connectivity index (χ1v) is 10.9. The molecule has 2 fully saturated rings. The Morgan fingerprint density at radius 1 is 0.933 bits per heavy atom. The molecule has 30 heavy (non-hydrogen) atoms. The lowest BCUT2D eigenvalue weighted by atomic mass is 9.67. The Balaban J connectivity index is 1.45. The molecule has 1 amide bonds. The average Bonchev–Trinajstić information content (AvgIpc) is 3.02. The number of benzene rings is 1. The van der Waals surface area contributed by atoms with Crippen LogP contribution in [0.4, 0.5) is 5.69 Å². The van der Waals surface area contributed by atoms with E-state index < -0.39 is 5.60 Å². The normalized spacial score (nSPS) is 27.1. The van der Waals surface area contributed by atoms with Crippen molar-refractivity contribution in [3.63, 3.8) is 0 Å². The van der Waals surface area contributed by atoms with Crippen molar-refractivity contribution in [1.82, 2.24) is 4.57 Å². The number of nitrogens with zero attached hydrogens (tertiary/aromatic N) is 2. The molecule has 2 aromatic rings. The van der Waals surface area contributed by atoms with Crippen LogP contribution in [0.15, 0.2) is 53.5 Å². The largest absolute Gasteiger partial charge is 0.388 e. The first-order chi connectivity index (χ1) is 14.1. The third-order valence-corrected chi connectivity index (χ3v) is 7.06. The van der Waals surface area contributed by atoms with Crippen LogP contribution in [0.1, 0.15) is 58.4 Å². The maximum absolute atomic E-state index is 13.4. The second kappa shape index (κ2) is 7.38. The van der Waals surface area contributed by atoms with E-state index in [1.165, 1.54) is 11.6 Å². The van der Waals surface area contributed by atoms with Gasteiger partial charge in [-0.1, -0.05) is 39.0 Å². The Bertz CT molecular complexity index is 976. The maximum atomic E-state index is 13.4. The SMILES string of the molecule is CC(C)(C)c1ccc(N2CCC3(CCC(O)(Cn4ccccc4=O)CC3)C2=O)cc1. The first-order valence-electron chi connectivity index (χ1n) is 10.9. The quantitative estimate of drug-likeness (QED) is 0.838. The first kappa shape index (κ1) is 20.9. The van der Waals surface area contributed by atoms with E-state index in [-0.39, 0.29) is 28.8 Å². The molecular formula is C25H32N2O3. The highest BCUT2D eigenvalue weighted by Gasteiger charge is 2.51. The third-order valence-electron chi connectivity index (χ3n) is 7.06. The molecule has 2 heterocycles. The van der Waals surface area contributed by atoms with Crippen LogP contribution in [0.5, 0.6) is 0 Å². The summed E-state index contributed by atoms with van der Waals surface area (Å²) in [6, 6.07) is 13.4. The number of aliphatic hydroxyl groups is 1. The van der Waals surface area contributed by atoms with Crippen molar-refractivity contribution in [3.05, 3.63) is 64.6 Å². The van der Waals surface area contributed by atoms with Crippen LogP contribution in [-0.2, 0) is 16.8 Å². The highest BCUT2D eigenvalue weighted by atomic mass is 16.3. The molecule has 0 atom stereocenters. The molecule has 1 saturated heterocycles. The summed E-state index contributed by atoms with van der Waals surface area (Å²) in [6.07, 6.45) is 4.96. The van der Waals surface area contributed by atoms with E-state index in [2.05, 4.69) is 45.0 Å². The minimum atomic E-state index is -0.932. The molecule has 5 heteroatoms. The van der Waals surface area contributed by atoms with E-state index in [4.69, 9.17) is 0 Å². The van der Waals surface area contributed by atoms with E-state index in [9.17, 15) is 14.7 Å².